The van der Waals surface area contributed by atoms with Gasteiger partial charge >= 0.3 is 5.97 Å². The van der Waals surface area contributed by atoms with Crippen molar-refractivity contribution in [2.75, 3.05) is 12.9 Å². The number of esters is 1. The summed E-state index contributed by atoms with van der Waals surface area (Å²) in [7, 11) is 0. The van der Waals surface area contributed by atoms with E-state index in [1.165, 1.54) is 4.90 Å². The maximum atomic E-state index is 11.1. The van der Waals surface area contributed by atoms with E-state index in [1.807, 2.05) is 43.5 Å². The van der Waals surface area contributed by atoms with E-state index in [0.717, 1.165) is 5.56 Å². The van der Waals surface area contributed by atoms with E-state index < -0.39 is 0 Å². The second-order valence-electron chi connectivity index (χ2n) is 3.15. The van der Waals surface area contributed by atoms with Crippen molar-refractivity contribution in [3.8, 4) is 0 Å². The highest BCUT2D eigenvalue weighted by molar-refractivity contribution is 7.98. The Hall–Kier alpha value is -1.22. The molecule has 0 unspecified atom stereocenters. The van der Waals surface area contributed by atoms with Crippen molar-refractivity contribution in [2.24, 2.45) is 0 Å². The molecule has 0 aliphatic carbocycles. The molecular weight excluding hydrogens is 220 g/mol. The summed E-state index contributed by atoms with van der Waals surface area (Å²) in [6.45, 7) is 2.25. The van der Waals surface area contributed by atoms with Gasteiger partial charge in [-0.1, -0.05) is 30.4 Å². The predicted octanol–water partition coefficient (Wildman–Crippen LogP) is 3.37. The maximum absolute atomic E-state index is 11.1. The molecule has 1 aromatic carbocycles. The molecule has 0 atom stereocenters. The van der Waals surface area contributed by atoms with Crippen LogP contribution in [-0.2, 0) is 9.53 Å². The van der Waals surface area contributed by atoms with Crippen LogP contribution in [0.1, 0.15) is 18.9 Å². The van der Waals surface area contributed by atoms with Crippen LogP contribution < -0.4 is 0 Å². The number of thioether (sulfide) groups is 1. The highest BCUT2D eigenvalue weighted by atomic mass is 32.2. The first kappa shape index (κ1) is 12.8. The number of hydrogen-bond donors (Lipinski definition) is 0. The lowest BCUT2D eigenvalue weighted by Gasteiger charge is -2.01. The molecule has 0 amide bonds. The van der Waals surface area contributed by atoms with Crippen LogP contribution >= 0.6 is 11.8 Å². The molecular formula is C13H16O2S. The van der Waals surface area contributed by atoms with E-state index in [4.69, 9.17) is 4.74 Å². The van der Waals surface area contributed by atoms with Crippen molar-refractivity contribution in [2.45, 2.75) is 18.2 Å². The number of hydrogen-bond acceptors (Lipinski definition) is 3. The predicted molar refractivity (Wildman–Crippen MR) is 68.5 cm³/mol. The van der Waals surface area contributed by atoms with Gasteiger partial charge in [0, 0.05) is 4.90 Å². The third-order valence-electron chi connectivity index (χ3n) is 2.03. The molecule has 0 N–H and O–H groups in total. The molecule has 0 spiro atoms. The Bertz CT molecular complexity index is 372. The molecule has 0 aliphatic heterocycles. The first-order valence-electron chi connectivity index (χ1n) is 5.23. The number of carbonyl (C=O) groups is 1. The monoisotopic (exact) mass is 236 g/mol. The van der Waals surface area contributed by atoms with Crippen molar-refractivity contribution >= 4 is 23.8 Å². The van der Waals surface area contributed by atoms with Gasteiger partial charge in [0.25, 0.3) is 0 Å². The summed E-state index contributed by atoms with van der Waals surface area (Å²) in [5.41, 5.74) is 1.14. The number of rotatable bonds is 5. The van der Waals surface area contributed by atoms with Gasteiger partial charge in [-0.15, -0.1) is 11.8 Å². The van der Waals surface area contributed by atoms with E-state index in [1.54, 1.807) is 11.8 Å². The van der Waals surface area contributed by atoms with Crippen LogP contribution in [0.15, 0.2) is 35.2 Å². The van der Waals surface area contributed by atoms with E-state index in [9.17, 15) is 4.79 Å². The summed E-state index contributed by atoms with van der Waals surface area (Å²) in [4.78, 5) is 12.3. The first-order valence-corrected chi connectivity index (χ1v) is 6.45. The van der Waals surface area contributed by atoms with Crippen molar-refractivity contribution in [3.63, 3.8) is 0 Å². The first-order chi connectivity index (χ1) is 7.77. The Labute approximate surface area is 101 Å². The Morgan fingerprint density at radius 1 is 1.44 bits per heavy atom. The van der Waals surface area contributed by atoms with Gasteiger partial charge in [-0.2, -0.15) is 0 Å². The number of ether oxygens (including phenoxy) is 1. The minimum absolute atomic E-state index is 0.180. The molecule has 0 heterocycles. The fraction of sp³-hybridized carbons (Fsp3) is 0.308. The van der Waals surface area contributed by atoms with E-state index >= 15 is 0 Å². The smallest absolute Gasteiger partial charge is 0.309 e. The highest BCUT2D eigenvalue weighted by Crippen LogP contribution is 2.20. The largest absolute Gasteiger partial charge is 0.466 e. The Morgan fingerprint density at radius 2 is 2.19 bits per heavy atom. The average Bonchev–Trinajstić information content (AvgIpc) is 2.30. The quantitative estimate of drug-likeness (QED) is 0.579. The van der Waals surface area contributed by atoms with Gasteiger partial charge in [0.1, 0.15) is 0 Å². The van der Waals surface area contributed by atoms with Gasteiger partial charge in [-0.05, 0) is 24.8 Å². The third-order valence-corrected chi connectivity index (χ3v) is 2.84. The van der Waals surface area contributed by atoms with Crippen LogP contribution in [0.4, 0.5) is 0 Å². The van der Waals surface area contributed by atoms with Crippen LogP contribution in [0.25, 0.3) is 6.08 Å². The van der Waals surface area contributed by atoms with Crippen molar-refractivity contribution in [1.29, 1.82) is 0 Å². The van der Waals surface area contributed by atoms with Crippen LogP contribution in [-0.4, -0.2) is 18.8 Å². The van der Waals surface area contributed by atoms with Crippen LogP contribution in [0, 0.1) is 0 Å². The molecule has 0 aromatic heterocycles. The molecule has 0 radical (unpaired) electrons. The minimum atomic E-state index is -0.180. The molecule has 2 nitrogen and oxygen atoms in total. The normalized spacial score (nSPS) is 10.6. The molecule has 0 fully saturated rings. The molecule has 16 heavy (non-hydrogen) atoms. The van der Waals surface area contributed by atoms with Gasteiger partial charge in [0.05, 0.1) is 13.0 Å². The molecule has 3 heteroatoms. The molecule has 0 saturated carbocycles. The number of benzene rings is 1. The number of carbonyl (C=O) groups excluding carboxylic acids is 1. The second kappa shape index (κ2) is 7.12. The molecule has 1 aromatic rings. The lowest BCUT2D eigenvalue weighted by molar-refractivity contribution is -0.142. The summed E-state index contributed by atoms with van der Waals surface area (Å²) in [5.74, 6) is -0.180. The van der Waals surface area contributed by atoms with Gasteiger partial charge in [0.15, 0.2) is 0 Å². The Kier molecular flexibility index (Phi) is 5.72. The summed E-state index contributed by atoms with van der Waals surface area (Å²) >= 11 is 1.70. The molecule has 0 aliphatic rings. The fourth-order valence-corrected chi connectivity index (χ4v) is 1.89. The van der Waals surface area contributed by atoms with Crippen molar-refractivity contribution < 1.29 is 9.53 Å². The zero-order valence-corrected chi connectivity index (χ0v) is 10.4. The Morgan fingerprint density at radius 3 is 2.88 bits per heavy atom. The van der Waals surface area contributed by atoms with Crippen LogP contribution in [0.3, 0.4) is 0 Å². The lowest BCUT2D eigenvalue weighted by Crippen LogP contribution is -2.01. The highest BCUT2D eigenvalue weighted by Gasteiger charge is 1.98. The molecule has 0 saturated heterocycles. The van der Waals surface area contributed by atoms with Gasteiger partial charge in [0.2, 0.25) is 0 Å². The fourth-order valence-electron chi connectivity index (χ4n) is 1.31. The molecule has 0 bridgehead atoms. The maximum Gasteiger partial charge on any atom is 0.309 e. The van der Waals surface area contributed by atoms with Gasteiger partial charge < -0.3 is 4.74 Å². The van der Waals surface area contributed by atoms with Gasteiger partial charge in [-0.25, -0.2) is 0 Å². The molecule has 86 valence electrons. The Balaban J connectivity index is 2.58. The second-order valence-corrected chi connectivity index (χ2v) is 4.00. The van der Waals surface area contributed by atoms with E-state index in [-0.39, 0.29) is 5.97 Å². The van der Waals surface area contributed by atoms with E-state index in [0.29, 0.717) is 13.0 Å². The molecule has 1 rings (SSSR count). The summed E-state index contributed by atoms with van der Waals surface area (Å²) in [6, 6.07) is 8.10. The third kappa shape index (κ3) is 4.11. The summed E-state index contributed by atoms with van der Waals surface area (Å²) < 4.78 is 4.84. The SMILES string of the molecule is CCOC(=O)CC=Cc1ccccc1SC. The van der Waals surface area contributed by atoms with E-state index in [2.05, 4.69) is 6.07 Å². The zero-order chi connectivity index (χ0) is 11.8. The lowest BCUT2D eigenvalue weighted by atomic mass is 10.2. The average molecular weight is 236 g/mol. The van der Waals surface area contributed by atoms with Crippen molar-refractivity contribution in [1.82, 2.24) is 0 Å². The minimum Gasteiger partial charge on any atom is -0.466 e. The van der Waals surface area contributed by atoms with Crippen LogP contribution in [0.2, 0.25) is 0 Å². The van der Waals surface area contributed by atoms with Gasteiger partial charge in [-0.3, -0.25) is 4.79 Å². The summed E-state index contributed by atoms with van der Waals surface area (Å²) in [6.07, 6.45) is 6.17. The van der Waals surface area contributed by atoms with Crippen LogP contribution in [0.5, 0.6) is 0 Å². The topological polar surface area (TPSA) is 26.3 Å². The summed E-state index contributed by atoms with van der Waals surface area (Å²) in [5, 5.41) is 0. The zero-order valence-electron chi connectivity index (χ0n) is 9.60. The standard InChI is InChI=1S/C13H16O2S/c1-3-15-13(14)10-6-8-11-7-4-5-9-12(11)16-2/h4-9H,3,10H2,1-2H3. The van der Waals surface area contributed by atoms with Crippen molar-refractivity contribution in [3.05, 3.63) is 35.9 Å².